The zero-order chi connectivity index (χ0) is 10.1. The maximum absolute atomic E-state index is 2.28. The van der Waals surface area contributed by atoms with Crippen molar-refractivity contribution >= 4 is 0 Å². The third kappa shape index (κ3) is 4.31. The predicted octanol–water partition coefficient (Wildman–Crippen LogP) is 4.87. The molecular weight excluding hydrogens is 156 g/mol. The molecule has 0 atom stereocenters. The molecule has 0 bridgehead atoms. The topological polar surface area (TPSA) is 0 Å². The van der Waals surface area contributed by atoms with Gasteiger partial charge in [0, 0.05) is 0 Å². The van der Waals surface area contributed by atoms with Crippen LogP contribution in [-0.4, -0.2) is 0 Å². The van der Waals surface area contributed by atoms with Gasteiger partial charge in [-0.15, -0.1) is 0 Å². The van der Waals surface area contributed by atoms with Crippen molar-refractivity contribution < 1.29 is 0 Å². The first kappa shape index (κ1) is 12.5. The molecule has 1 fully saturated rings. The zero-order valence-corrected chi connectivity index (χ0v) is 9.69. The Hall–Kier alpha value is -0.520. The van der Waals surface area contributed by atoms with Gasteiger partial charge < -0.3 is 0 Å². The normalized spacial score (nSPS) is 23.7. The van der Waals surface area contributed by atoms with Crippen molar-refractivity contribution in [1.82, 2.24) is 0 Å². The minimum Gasteiger partial charge on any atom is -0.0842 e. The van der Waals surface area contributed by atoms with E-state index in [2.05, 4.69) is 26.0 Å². The molecule has 0 nitrogen and oxygen atoms in total. The van der Waals surface area contributed by atoms with Crippen molar-refractivity contribution in [3.63, 3.8) is 0 Å². The number of allylic oxidation sites excluding steroid dienone is 4. The highest BCUT2D eigenvalue weighted by Gasteiger charge is 2.07. The lowest BCUT2D eigenvalue weighted by atomic mass is 10.0. The van der Waals surface area contributed by atoms with E-state index in [-0.39, 0.29) is 0 Å². The molecule has 0 unspecified atom stereocenters. The highest BCUT2D eigenvalue weighted by molar-refractivity contribution is 5.30. The third-order valence-electron chi connectivity index (χ3n) is 2.50. The highest BCUT2D eigenvalue weighted by atomic mass is 14.1. The minimum atomic E-state index is 1.30. The summed E-state index contributed by atoms with van der Waals surface area (Å²) in [5.41, 5.74) is 3.18. The summed E-state index contributed by atoms with van der Waals surface area (Å²) in [6, 6.07) is 0. The monoisotopic (exact) mass is 180 g/mol. The molecule has 1 rings (SSSR count). The van der Waals surface area contributed by atoms with Crippen molar-refractivity contribution in [1.29, 1.82) is 0 Å². The van der Waals surface area contributed by atoms with E-state index in [9.17, 15) is 0 Å². The summed E-state index contributed by atoms with van der Waals surface area (Å²) in [6.07, 6.45) is 11.3. The van der Waals surface area contributed by atoms with Gasteiger partial charge in [0.05, 0.1) is 0 Å². The Morgan fingerprint density at radius 2 is 1.15 bits per heavy atom. The largest absolute Gasteiger partial charge is 0.0842 e. The Bertz CT molecular complexity index is 152. The molecule has 0 aromatic carbocycles. The molecule has 0 heteroatoms. The molecular formula is C13H24. The number of rotatable bonds is 0. The first-order valence-corrected chi connectivity index (χ1v) is 5.69. The zero-order valence-electron chi connectivity index (χ0n) is 9.69. The van der Waals surface area contributed by atoms with Gasteiger partial charge in [0.15, 0.2) is 0 Å². The summed E-state index contributed by atoms with van der Waals surface area (Å²) in [4.78, 5) is 0. The summed E-state index contributed by atoms with van der Waals surface area (Å²) in [6.45, 7) is 8.31. The number of hydrogen-bond donors (Lipinski definition) is 0. The van der Waals surface area contributed by atoms with Crippen molar-refractivity contribution in [3.8, 4) is 0 Å². The van der Waals surface area contributed by atoms with Crippen LogP contribution in [0, 0.1) is 0 Å². The smallest absolute Gasteiger partial charge is 0.0280 e. The van der Waals surface area contributed by atoms with Gasteiger partial charge in [-0.25, -0.2) is 0 Å². The van der Waals surface area contributed by atoms with E-state index < -0.39 is 0 Å². The lowest BCUT2D eigenvalue weighted by Crippen LogP contribution is -1.85. The van der Waals surface area contributed by atoms with Gasteiger partial charge in [0.2, 0.25) is 0 Å². The lowest BCUT2D eigenvalue weighted by Gasteiger charge is -2.05. The Kier molecular flexibility index (Phi) is 7.77. The summed E-state index contributed by atoms with van der Waals surface area (Å²) in [5, 5.41) is 0. The maximum Gasteiger partial charge on any atom is -0.0280 e. The number of hydrogen-bond acceptors (Lipinski definition) is 0. The minimum absolute atomic E-state index is 1.30. The predicted molar refractivity (Wildman–Crippen MR) is 61.9 cm³/mol. The lowest BCUT2D eigenvalue weighted by molar-refractivity contribution is 0.719. The van der Waals surface area contributed by atoms with E-state index in [1.807, 2.05) is 13.8 Å². The molecule has 1 aliphatic carbocycles. The van der Waals surface area contributed by atoms with Gasteiger partial charge in [0.25, 0.3) is 0 Å². The molecule has 1 aliphatic rings. The first-order chi connectivity index (χ1) is 6.38. The van der Waals surface area contributed by atoms with Crippen molar-refractivity contribution in [2.75, 3.05) is 0 Å². The second-order valence-corrected chi connectivity index (χ2v) is 3.19. The highest BCUT2D eigenvalue weighted by Crippen LogP contribution is 2.26. The second kappa shape index (κ2) is 8.10. The van der Waals surface area contributed by atoms with E-state index in [4.69, 9.17) is 0 Å². The van der Waals surface area contributed by atoms with Crippen LogP contribution in [0.1, 0.15) is 59.8 Å². The summed E-state index contributed by atoms with van der Waals surface area (Å²) in [5.74, 6) is 0. The average Bonchev–Trinajstić information content (AvgIpc) is 2.44. The van der Waals surface area contributed by atoms with Crippen LogP contribution in [0.15, 0.2) is 23.3 Å². The summed E-state index contributed by atoms with van der Waals surface area (Å²) < 4.78 is 0. The van der Waals surface area contributed by atoms with Crippen LogP contribution >= 0.6 is 0 Å². The molecule has 1 saturated carbocycles. The first-order valence-electron chi connectivity index (χ1n) is 5.69. The molecule has 0 amide bonds. The Morgan fingerprint density at radius 1 is 0.769 bits per heavy atom. The van der Waals surface area contributed by atoms with Gasteiger partial charge in [-0.3, -0.25) is 0 Å². The molecule has 0 spiro atoms. The molecule has 0 N–H and O–H groups in total. The quantitative estimate of drug-likeness (QED) is 0.466. The van der Waals surface area contributed by atoms with E-state index >= 15 is 0 Å². The fraction of sp³-hybridized carbons (Fsp3) is 0.692. The van der Waals surface area contributed by atoms with Gasteiger partial charge in [-0.2, -0.15) is 0 Å². The SMILES string of the molecule is C/C=C1/CCCCC/C1=C/C.CC. The van der Waals surface area contributed by atoms with E-state index in [0.717, 1.165) is 0 Å². The van der Waals surface area contributed by atoms with E-state index in [1.165, 1.54) is 32.1 Å². The fourth-order valence-electron chi connectivity index (χ4n) is 1.79. The molecule has 0 aromatic heterocycles. The van der Waals surface area contributed by atoms with Crippen LogP contribution in [0.5, 0.6) is 0 Å². The molecule has 0 aromatic rings. The molecule has 0 radical (unpaired) electrons. The van der Waals surface area contributed by atoms with Crippen molar-refractivity contribution in [2.45, 2.75) is 59.8 Å². The fourth-order valence-corrected chi connectivity index (χ4v) is 1.79. The van der Waals surface area contributed by atoms with Gasteiger partial charge >= 0.3 is 0 Å². The van der Waals surface area contributed by atoms with E-state index in [1.54, 1.807) is 11.1 Å². The van der Waals surface area contributed by atoms with E-state index in [0.29, 0.717) is 0 Å². The molecule has 0 heterocycles. The summed E-state index contributed by atoms with van der Waals surface area (Å²) >= 11 is 0. The molecule has 0 saturated heterocycles. The van der Waals surface area contributed by atoms with Crippen LogP contribution in [0.2, 0.25) is 0 Å². The Balaban J connectivity index is 0.000000671. The maximum atomic E-state index is 2.28. The second-order valence-electron chi connectivity index (χ2n) is 3.19. The standard InChI is InChI=1S/C11H18.C2H6/c1-3-10-8-6-5-7-9-11(10)4-2;1-2/h3-4H,5-9H2,1-2H3;1-2H3/b10-3-,11-4-;. The third-order valence-corrected chi connectivity index (χ3v) is 2.50. The molecule has 76 valence electrons. The summed E-state index contributed by atoms with van der Waals surface area (Å²) in [7, 11) is 0. The van der Waals surface area contributed by atoms with Crippen LogP contribution in [0.4, 0.5) is 0 Å². The average molecular weight is 180 g/mol. The van der Waals surface area contributed by atoms with Crippen LogP contribution < -0.4 is 0 Å². The van der Waals surface area contributed by atoms with Crippen LogP contribution in [0.25, 0.3) is 0 Å². The molecule has 0 aliphatic heterocycles. The van der Waals surface area contributed by atoms with Crippen molar-refractivity contribution in [3.05, 3.63) is 23.3 Å². The van der Waals surface area contributed by atoms with Crippen LogP contribution in [-0.2, 0) is 0 Å². The van der Waals surface area contributed by atoms with Gasteiger partial charge in [-0.1, -0.05) is 32.4 Å². The van der Waals surface area contributed by atoms with Gasteiger partial charge in [0.1, 0.15) is 0 Å². The van der Waals surface area contributed by atoms with Crippen molar-refractivity contribution in [2.24, 2.45) is 0 Å². The Labute approximate surface area is 83.7 Å². The van der Waals surface area contributed by atoms with Crippen LogP contribution in [0.3, 0.4) is 0 Å². The van der Waals surface area contributed by atoms with Gasteiger partial charge in [-0.05, 0) is 50.7 Å². The Morgan fingerprint density at radius 3 is 1.46 bits per heavy atom. The molecule has 13 heavy (non-hydrogen) atoms.